The van der Waals surface area contributed by atoms with Gasteiger partial charge in [-0.2, -0.15) is 12.7 Å². The summed E-state index contributed by atoms with van der Waals surface area (Å²) in [5.74, 6) is 0.632. The van der Waals surface area contributed by atoms with Gasteiger partial charge in [-0.05, 0) is 30.3 Å². The summed E-state index contributed by atoms with van der Waals surface area (Å²) < 4.78 is 32.6. The molecule has 8 nitrogen and oxygen atoms in total. The Morgan fingerprint density at radius 2 is 1.86 bits per heavy atom. The zero-order chi connectivity index (χ0) is 19.0. The number of rotatable bonds is 10. The average molecular weight is 453 g/mol. The predicted molar refractivity (Wildman–Crippen MR) is 115 cm³/mol. The van der Waals surface area contributed by atoms with Gasteiger partial charge in [-0.3, -0.25) is 9.71 Å². The van der Waals surface area contributed by atoms with Gasteiger partial charge in [-0.1, -0.05) is 6.07 Å². The number of aromatic nitrogens is 1. The van der Waals surface area contributed by atoms with E-state index in [-0.39, 0.29) is 24.8 Å². The molecule has 1 atom stereocenters. The smallest absolute Gasteiger partial charge is 0.301 e. The molecule has 0 aliphatic rings. The van der Waals surface area contributed by atoms with E-state index in [1.165, 1.54) is 14.1 Å². The molecule has 0 amide bonds. The van der Waals surface area contributed by atoms with E-state index in [9.17, 15) is 13.5 Å². The van der Waals surface area contributed by atoms with Crippen LogP contribution in [0.1, 0.15) is 11.7 Å². The van der Waals surface area contributed by atoms with Gasteiger partial charge in [0.25, 0.3) is 0 Å². The lowest BCUT2D eigenvalue weighted by Crippen LogP contribution is -2.28. The summed E-state index contributed by atoms with van der Waals surface area (Å²) in [5, 5.41) is 13.1. The molecule has 28 heavy (non-hydrogen) atoms. The highest BCUT2D eigenvalue weighted by atomic mass is 35.5. The Labute approximate surface area is 178 Å². The van der Waals surface area contributed by atoms with Crippen molar-refractivity contribution in [3.8, 4) is 5.75 Å². The third-order valence-electron chi connectivity index (χ3n) is 3.54. The van der Waals surface area contributed by atoms with Crippen LogP contribution < -0.4 is 14.8 Å². The SMILES string of the molecule is CN(C)S(=O)(=O)Nc1ccc(OCCNC[C@H](O)c2cccnc2)cc1.Cl.Cl. The van der Waals surface area contributed by atoms with Gasteiger partial charge in [0.2, 0.25) is 0 Å². The summed E-state index contributed by atoms with van der Waals surface area (Å²) in [6.07, 6.45) is 2.68. The fourth-order valence-electron chi connectivity index (χ4n) is 2.03. The first-order valence-electron chi connectivity index (χ1n) is 8.10. The Balaban J connectivity index is 0.00000364. The molecule has 1 aromatic heterocycles. The third-order valence-corrected chi connectivity index (χ3v) is 4.99. The molecule has 0 aliphatic heterocycles. The molecule has 0 radical (unpaired) electrons. The minimum atomic E-state index is -3.52. The topological polar surface area (TPSA) is 104 Å². The standard InChI is InChI=1S/C17H24N4O4S.2ClH/c1-21(2)26(23,24)20-15-5-7-16(8-6-15)25-11-10-19-13-17(22)14-4-3-9-18-12-14;;/h3-9,12,17,19-20,22H,10-11,13H2,1-2H3;2*1H/t17-;;/m0../s1. The highest BCUT2D eigenvalue weighted by molar-refractivity contribution is 7.90. The number of nitrogens with zero attached hydrogens (tertiary/aromatic N) is 2. The number of hydrogen-bond acceptors (Lipinski definition) is 6. The minimum absolute atomic E-state index is 0. The molecule has 1 aromatic carbocycles. The monoisotopic (exact) mass is 452 g/mol. The molecule has 0 fully saturated rings. The van der Waals surface area contributed by atoms with Gasteiger partial charge in [0.1, 0.15) is 12.4 Å². The molecule has 1 heterocycles. The van der Waals surface area contributed by atoms with Crippen molar-refractivity contribution in [2.45, 2.75) is 6.10 Å². The van der Waals surface area contributed by atoms with Crippen molar-refractivity contribution in [2.24, 2.45) is 0 Å². The van der Waals surface area contributed by atoms with E-state index < -0.39 is 16.3 Å². The van der Waals surface area contributed by atoms with Gasteiger partial charge in [0.05, 0.1) is 11.8 Å². The first-order chi connectivity index (χ1) is 12.4. The molecule has 0 unspecified atom stereocenters. The van der Waals surface area contributed by atoms with Gasteiger partial charge in [0.15, 0.2) is 0 Å². The van der Waals surface area contributed by atoms with Crippen LogP contribution in [-0.4, -0.2) is 56.6 Å². The van der Waals surface area contributed by atoms with Crippen LogP contribution in [0.25, 0.3) is 0 Å². The van der Waals surface area contributed by atoms with Gasteiger partial charge in [0, 0.05) is 45.1 Å². The molecule has 0 saturated heterocycles. The minimum Gasteiger partial charge on any atom is -0.492 e. The summed E-state index contributed by atoms with van der Waals surface area (Å²) in [5.41, 5.74) is 1.22. The number of anilines is 1. The molecule has 158 valence electrons. The summed E-state index contributed by atoms with van der Waals surface area (Å²) >= 11 is 0. The van der Waals surface area contributed by atoms with Crippen LogP contribution in [-0.2, 0) is 10.2 Å². The number of aliphatic hydroxyl groups is 1. The summed E-state index contributed by atoms with van der Waals surface area (Å²) in [4.78, 5) is 3.97. The maximum Gasteiger partial charge on any atom is 0.301 e. The molecular weight excluding hydrogens is 427 g/mol. The molecule has 11 heteroatoms. The number of ether oxygens (including phenoxy) is 1. The van der Waals surface area contributed by atoms with Gasteiger partial charge in [-0.25, -0.2) is 0 Å². The Hall–Kier alpha value is -1.62. The molecule has 0 aliphatic carbocycles. The maximum absolute atomic E-state index is 11.7. The lowest BCUT2D eigenvalue weighted by atomic mass is 10.1. The van der Waals surface area contributed by atoms with Crippen LogP contribution in [0.2, 0.25) is 0 Å². The average Bonchev–Trinajstić information content (AvgIpc) is 2.63. The number of hydrogen-bond donors (Lipinski definition) is 3. The van der Waals surface area contributed by atoms with Crippen LogP contribution >= 0.6 is 24.8 Å². The molecule has 0 bridgehead atoms. The van der Waals surface area contributed by atoms with E-state index >= 15 is 0 Å². The summed E-state index contributed by atoms with van der Waals surface area (Å²) in [6.45, 7) is 1.38. The quantitative estimate of drug-likeness (QED) is 0.475. The van der Waals surface area contributed by atoms with Crippen molar-refractivity contribution in [1.29, 1.82) is 0 Å². The van der Waals surface area contributed by atoms with Crippen LogP contribution in [0.15, 0.2) is 48.8 Å². The number of pyridine rings is 1. The second-order valence-corrected chi connectivity index (χ2v) is 7.65. The molecule has 2 rings (SSSR count). The highest BCUT2D eigenvalue weighted by Crippen LogP contribution is 2.17. The Morgan fingerprint density at radius 1 is 1.18 bits per heavy atom. The molecule has 0 spiro atoms. The first-order valence-corrected chi connectivity index (χ1v) is 9.54. The number of benzene rings is 1. The second kappa shape index (κ2) is 12.8. The van der Waals surface area contributed by atoms with E-state index in [4.69, 9.17) is 4.74 Å². The second-order valence-electron chi connectivity index (χ2n) is 5.77. The van der Waals surface area contributed by atoms with Crippen LogP contribution in [0.5, 0.6) is 5.75 Å². The Bertz CT molecular complexity index is 778. The molecule has 2 aromatic rings. The van der Waals surface area contributed by atoms with E-state index in [2.05, 4.69) is 15.0 Å². The fourth-order valence-corrected chi connectivity index (χ4v) is 2.65. The Kier molecular flexibility index (Phi) is 12.0. The van der Waals surface area contributed by atoms with Crippen molar-refractivity contribution in [3.05, 3.63) is 54.4 Å². The van der Waals surface area contributed by atoms with Crippen molar-refractivity contribution in [3.63, 3.8) is 0 Å². The molecule has 0 saturated carbocycles. The third kappa shape index (κ3) is 8.59. The summed E-state index contributed by atoms with van der Waals surface area (Å²) in [6, 6.07) is 10.3. The normalized spacial score (nSPS) is 11.9. The maximum atomic E-state index is 11.7. The predicted octanol–water partition coefficient (Wildman–Crippen LogP) is 1.85. The van der Waals surface area contributed by atoms with E-state index in [0.717, 1.165) is 9.87 Å². The Morgan fingerprint density at radius 3 is 2.43 bits per heavy atom. The number of halogens is 2. The van der Waals surface area contributed by atoms with Gasteiger partial charge >= 0.3 is 10.2 Å². The molecule has 3 N–H and O–H groups in total. The van der Waals surface area contributed by atoms with Crippen molar-refractivity contribution in [2.75, 3.05) is 38.5 Å². The molecular formula is C17H26Cl2N4O4S. The fraction of sp³-hybridized carbons (Fsp3) is 0.353. The van der Waals surface area contributed by atoms with E-state index in [1.807, 2.05) is 6.07 Å². The van der Waals surface area contributed by atoms with Gasteiger partial charge < -0.3 is 15.2 Å². The number of aliphatic hydroxyl groups excluding tert-OH is 1. The van der Waals surface area contributed by atoms with E-state index in [0.29, 0.717) is 31.1 Å². The lowest BCUT2D eigenvalue weighted by Gasteiger charge is -2.14. The van der Waals surface area contributed by atoms with Crippen molar-refractivity contribution >= 4 is 40.7 Å². The zero-order valence-corrected chi connectivity index (χ0v) is 18.1. The van der Waals surface area contributed by atoms with Crippen LogP contribution in [0.4, 0.5) is 5.69 Å². The highest BCUT2D eigenvalue weighted by Gasteiger charge is 2.12. The van der Waals surface area contributed by atoms with Crippen LogP contribution in [0.3, 0.4) is 0 Å². The van der Waals surface area contributed by atoms with Crippen molar-refractivity contribution in [1.82, 2.24) is 14.6 Å². The van der Waals surface area contributed by atoms with Gasteiger partial charge in [-0.15, -0.1) is 24.8 Å². The lowest BCUT2D eigenvalue weighted by molar-refractivity contribution is 0.171. The number of nitrogens with one attached hydrogen (secondary N) is 2. The zero-order valence-electron chi connectivity index (χ0n) is 15.6. The van der Waals surface area contributed by atoms with Crippen LogP contribution in [0, 0.1) is 0 Å². The van der Waals surface area contributed by atoms with E-state index in [1.54, 1.807) is 42.7 Å². The first kappa shape index (κ1) is 26.4. The van der Waals surface area contributed by atoms with Crippen molar-refractivity contribution < 1.29 is 18.3 Å². The summed E-state index contributed by atoms with van der Waals surface area (Å²) in [7, 11) is -0.602. The largest absolute Gasteiger partial charge is 0.492 e.